The number of fused-ring (bicyclic) bond motifs is 4. The van der Waals surface area contributed by atoms with Crippen LogP contribution in [-0.2, 0) is 33.4 Å². The maximum Gasteiger partial charge on any atom is 0.331 e. The number of rotatable bonds is 6. The van der Waals surface area contributed by atoms with Crippen LogP contribution in [0.4, 0.5) is 0 Å². The van der Waals surface area contributed by atoms with Gasteiger partial charge in [-0.25, -0.2) is 4.79 Å². The van der Waals surface area contributed by atoms with Gasteiger partial charge in [-0.15, -0.1) is 0 Å². The largest absolute Gasteiger partial charge is 0.472 e. The van der Waals surface area contributed by atoms with Gasteiger partial charge in [-0.3, -0.25) is 14.4 Å². The second kappa shape index (κ2) is 8.89. The first-order valence-corrected chi connectivity index (χ1v) is 14.6. The topological polar surface area (TPSA) is 150 Å². The molecule has 0 spiro atoms. The Labute approximate surface area is 244 Å². The van der Waals surface area contributed by atoms with Gasteiger partial charge in [0.2, 0.25) is 5.78 Å². The Kier molecular flexibility index (Phi) is 6.11. The van der Waals surface area contributed by atoms with Gasteiger partial charge in [-0.05, 0) is 48.8 Å². The predicted octanol–water partition coefficient (Wildman–Crippen LogP) is 3.51. The van der Waals surface area contributed by atoms with E-state index in [1.165, 1.54) is 25.7 Å². The third-order valence-corrected chi connectivity index (χ3v) is 11.6. The van der Waals surface area contributed by atoms with Crippen LogP contribution in [0, 0.1) is 28.1 Å². The molecule has 5 aliphatic rings. The van der Waals surface area contributed by atoms with E-state index in [9.17, 15) is 29.4 Å². The van der Waals surface area contributed by atoms with Crippen LogP contribution in [0.15, 0.2) is 45.8 Å². The van der Waals surface area contributed by atoms with E-state index in [0.29, 0.717) is 36.0 Å². The molecule has 226 valence electrons. The number of hydrogen-bond acceptors (Lipinski definition) is 10. The summed E-state index contributed by atoms with van der Waals surface area (Å²) in [5.41, 5.74) is -6.07. The number of furan rings is 1. The van der Waals surface area contributed by atoms with Crippen LogP contribution in [0.1, 0.15) is 78.4 Å². The van der Waals surface area contributed by atoms with E-state index in [-0.39, 0.29) is 18.4 Å². The Bertz CT molecular complexity index is 1460. The molecule has 2 heterocycles. The van der Waals surface area contributed by atoms with E-state index < -0.39 is 75.2 Å². The van der Waals surface area contributed by atoms with E-state index in [2.05, 4.69) is 0 Å². The van der Waals surface area contributed by atoms with Crippen molar-refractivity contribution < 1.29 is 48.0 Å². The quantitative estimate of drug-likeness (QED) is 0.377. The van der Waals surface area contributed by atoms with Gasteiger partial charge in [0.1, 0.15) is 17.8 Å². The third kappa shape index (κ3) is 3.17. The summed E-state index contributed by atoms with van der Waals surface area (Å²) in [6.45, 7) is 8.96. The average molecular weight is 583 g/mol. The van der Waals surface area contributed by atoms with Crippen LogP contribution < -0.4 is 0 Å². The summed E-state index contributed by atoms with van der Waals surface area (Å²) >= 11 is 0. The highest BCUT2D eigenvalue weighted by Gasteiger charge is 2.89. The van der Waals surface area contributed by atoms with Gasteiger partial charge in [0.25, 0.3) is 0 Å². The molecule has 42 heavy (non-hydrogen) atoms. The normalized spacial score (nSPS) is 42.4. The Hall–Kier alpha value is -3.24. The van der Waals surface area contributed by atoms with E-state index in [0.717, 1.165) is 0 Å². The Balaban J connectivity index is 1.59. The highest BCUT2D eigenvalue weighted by molar-refractivity contribution is 6.11. The van der Waals surface area contributed by atoms with Gasteiger partial charge in [0, 0.05) is 39.9 Å². The van der Waals surface area contributed by atoms with Crippen LogP contribution in [0.3, 0.4) is 0 Å². The third-order valence-electron chi connectivity index (χ3n) is 11.6. The molecule has 2 N–H and O–H groups in total. The van der Waals surface area contributed by atoms with Crippen molar-refractivity contribution in [3.8, 4) is 0 Å². The van der Waals surface area contributed by atoms with E-state index in [1.807, 2.05) is 13.8 Å². The molecule has 1 aliphatic heterocycles. The van der Waals surface area contributed by atoms with Crippen LogP contribution >= 0.6 is 0 Å². The molecule has 0 aromatic carbocycles. The molecule has 2 saturated carbocycles. The van der Waals surface area contributed by atoms with Crippen LogP contribution in [0.5, 0.6) is 0 Å². The zero-order valence-electron chi connectivity index (χ0n) is 24.8. The number of aliphatic hydroxyl groups is 2. The summed E-state index contributed by atoms with van der Waals surface area (Å²) < 4.78 is 22.1. The van der Waals surface area contributed by atoms with Gasteiger partial charge in [0.05, 0.1) is 25.6 Å². The molecule has 10 nitrogen and oxygen atoms in total. The molecule has 0 saturated heterocycles. The molecular weight excluding hydrogens is 544 g/mol. The maximum absolute atomic E-state index is 14.8. The van der Waals surface area contributed by atoms with Gasteiger partial charge in [-0.2, -0.15) is 0 Å². The van der Waals surface area contributed by atoms with E-state index in [4.69, 9.17) is 18.6 Å². The van der Waals surface area contributed by atoms with Gasteiger partial charge < -0.3 is 28.8 Å². The number of ketones is 1. The molecule has 2 bridgehead atoms. The molecule has 6 rings (SSSR count). The lowest BCUT2D eigenvalue weighted by molar-refractivity contribution is -0.251. The fourth-order valence-corrected chi connectivity index (χ4v) is 9.21. The second-order valence-corrected chi connectivity index (χ2v) is 13.5. The van der Waals surface area contributed by atoms with Gasteiger partial charge in [-0.1, -0.05) is 34.6 Å². The number of cyclic esters (lactones) is 1. The molecule has 9 atom stereocenters. The lowest BCUT2D eigenvalue weighted by atomic mass is 9.44. The zero-order chi connectivity index (χ0) is 30.6. The van der Waals surface area contributed by atoms with Crippen LogP contribution in [0.2, 0.25) is 0 Å². The van der Waals surface area contributed by atoms with E-state index in [1.54, 1.807) is 26.8 Å². The fourth-order valence-electron chi connectivity index (χ4n) is 9.21. The van der Waals surface area contributed by atoms with Crippen LogP contribution in [-0.4, -0.2) is 58.3 Å². The van der Waals surface area contributed by atoms with Crippen LogP contribution in [0.25, 0.3) is 0 Å². The van der Waals surface area contributed by atoms with Crippen molar-refractivity contribution >= 4 is 23.7 Å². The summed E-state index contributed by atoms with van der Waals surface area (Å²) in [4.78, 5) is 53.8. The first-order chi connectivity index (χ1) is 19.6. The molecule has 0 amide bonds. The minimum absolute atomic E-state index is 0.0639. The summed E-state index contributed by atoms with van der Waals surface area (Å²) in [7, 11) is 1.28. The highest BCUT2D eigenvalue weighted by Crippen LogP contribution is 2.79. The number of carbonyl (C=O) groups excluding carboxylic acids is 4. The summed E-state index contributed by atoms with van der Waals surface area (Å²) in [5, 5.41) is 25.2. The maximum atomic E-state index is 14.8. The smallest absolute Gasteiger partial charge is 0.331 e. The molecular formula is C32H38O10. The number of methoxy groups -OCH3 is 1. The lowest BCUT2D eigenvalue weighted by Gasteiger charge is -2.63. The zero-order valence-corrected chi connectivity index (χ0v) is 24.8. The molecule has 0 radical (unpaired) electrons. The van der Waals surface area contributed by atoms with Crippen molar-refractivity contribution in [2.45, 2.75) is 90.1 Å². The van der Waals surface area contributed by atoms with Gasteiger partial charge >= 0.3 is 17.9 Å². The van der Waals surface area contributed by atoms with Crippen molar-refractivity contribution in [1.82, 2.24) is 0 Å². The SMILES string of the molecule is CCC(C)C(=O)O[C@H]1[C@@]2(C)C[C@]3(O)[C@@]1(O)C(=O)C1=C(CC[C@]4(C)C1=CC(=O)O[C@H]4c1ccoc1)[C@]3(C)[C@H]2CC(=O)OC. The average Bonchev–Trinajstić information content (AvgIpc) is 3.59. The number of carbonyl (C=O) groups is 4. The number of esters is 3. The molecule has 2 fully saturated rings. The summed E-state index contributed by atoms with van der Waals surface area (Å²) in [6, 6.07) is 1.71. The fraction of sp³-hybridized carbons (Fsp3) is 0.625. The monoisotopic (exact) mass is 582 g/mol. The van der Waals surface area contributed by atoms with Crippen molar-refractivity contribution in [3.05, 3.63) is 47.0 Å². The number of ether oxygens (including phenoxy) is 3. The first kappa shape index (κ1) is 28.9. The molecule has 4 aliphatic carbocycles. The Morgan fingerprint density at radius 1 is 1.19 bits per heavy atom. The molecule has 10 heteroatoms. The molecule has 1 unspecified atom stereocenters. The van der Waals surface area contributed by atoms with Gasteiger partial charge in [0.15, 0.2) is 5.60 Å². The lowest BCUT2D eigenvalue weighted by Crippen LogP contribution is -2.76. The summed E-state index contributed by atoms with van der Waals surface area (Å²) in [6.07, 6.45) is 3.18. The van der Waals surface area contributed by atoms with Crippen molar-refractivity contribution in [2.75, 3.05) is 7.11 Å². The molecule has 1 aromatic heterocycles. The Morgan fingerprint density at radius 2 is 1.90 bits per heavy atom. The molecule has 1 aromatic rings. The minimum Gasteiger partial charge on any atom is -0.472 e. The number of hydrogen-bond donors (Lipinski definition) is 2. The predicted molar refractivity (Wildman–Crippen MR) is 145 cm³/mol. The van der Waals surface area contributed by atoms with Crippen molar-refractivity contribution in [2.24, 2.45) is 28.1 Å². The van der Waals surface area contributed by atoms with E-state index >= 15 is 0 Å². The first-order valence-electron chi connectivity index (χ1n) is 14.6. The summed E-state index contributed by atoms with van der Waals surface area (Å²) in [5.74, 6) is -3.72. The highest BCUT2D eigenvalue weighted by atomic mass is 16.6. The Morgan fingerprint density at radius 3 is 2.52 bits per heavy atom. The van der Waals surface area contributed by atoms with Crippen molar-refractivity contribution in [1.29, 1.82) is 0 Å². The van der Waals surface area contributed by atoms with Crippen molar-refractivity contribution in [3.63, 3.8) is 0 Å². The second-order valence-electron chi connectivity index (χ2n) is 13.5. The minimum atomic E-state index is -2.52. The number of Topliss-reactive ketones (excluding diaryl/α,β-unsaturated/α-hetero) is 1. The standard InChI is InChI=1S/C32H38O10/c1-7-16(2)26(36)42-27-29(4)15-31(37)30(5,20(29)13-21(33)39-6)18-8-10-28(3)19(23(18)24(35)32(27,31)38)12-22(34)41-25(28)17-9-11-40-14-17/h9,11-12,14,16,20,25,27,37-38H,7-8,10,13,15H2,1-6H3/t16?,20-,25-,27-,28+,29-,30+,31+,32+/m0/s1.